The summed E-state index contributed by atoms with van der Waals surface area (Å²) in [5.74, 6) is 0.679. The maximum Gasteiger partial charge on any atom is 0.146 e. The highest BCUT2D eigenvalue weighted by Gasteiger charge is 2.27. The quantitative estimate of drug-likeness (QED) is 0.787. The van der Waals surface area contributed by atoms with E-state index in [1.54, 1.807) is 0 Å². The van der Waals surface area contributed by atoms with Crippen molar-refractivity contribution in [2.45, 2.75) is 12.5 Å². The lowest BCUT2D eigenvalue weighted by Gasteiger charge is -2.22. The molecule has 0 aromatic heterocycles. The fraction of sp³-hybridized carbons (Fsp3) is 0.333. The highest BCUT2D eigenvalue weighted by molar-refractivity contribution is 9.12. The molecule has 0 amide bonds. The van der Waals surface area contributed by atoms with Crippen LogP contribution < -0.4 is 0 Å². The molecule has 0 aromatic carbocycles. The van der Waals surface area contributed by atoms with Crippen LogP contribution in [0.3, 0.4) is 0 Å². The first-order chi connectivity index (χ1) is 6.22. The standard InChI is InChI=1S/C9H8BrClO2/c10-7-3-8(11)9-6(7)2-1-5(4-12)13-9/h2-3,5,12H,1,4H2. The van der Waals surface area contributed by atoms with Crippen molar-refractivity contribution >= 4 is 27.5 Å². The van der Waals surface area contributed by atoms with Gasteiger partial charge in [-0.25, -0.2) is 0 Å². The van der Waals surface area contributed by atoms with Gasteiger partial charge in [-0.3, -0.25) is 0 Å². The van der Waals surface area contributed by atoms with Gasteiger partial charge in [0.1, 0.15) is 11.9 Å². The molecule has 1 aliphatic heterocycles. The number of aliphatic hydroxyl groups is 1. The molecule has 2 rings (SSSR count). The molecular weight excluding hydrogens is 255 g/mol. The van der Waals surface area contributed by atoms with Gasteiger partial charge in [-0.15, -0.1) is 0 Å². The van der Waals surface area contributed by atoms with Crippen LogP contribution in [-0.2, 0) is 4.74 Å². The summed E-state index contributed by atoms with van der Waals surface area (Å²) in [7, 11) is 0. The van der Waals surface area contributed by atoms with E-state index in [1.165, 1.54) is 0 Å². The molecular formula is C9H8BrClO2. The Morgan fingerprint density at radius 1 is 1.69 bits per heavy atom. The summed E-state index contributed by atoms with van der Waals surface area (Å²) in [5.41, 5.74) is 0.995. The SMILES string of the molecule is OCC1CC=C2C(Br)=CC(Cl)=C2O1. The van der Waals surface area contributed by atoms with E-state index in [0.29, 0.717) is 10.8 Å². The molecule has 1 atom stereocenters. The van der Waals surface area contributed by atoms with E-state index in [-0.39, 0.29) is 12.7 Å². The van der Waals surface area contributed by atoms with Crippen LogP contribution in [0.25, 0.3) is 0 Å². The molecule has 0 bridgehead atoms. The van der Waals surface area contributed by atoms with Crippen molar-refractivity contribution in [2.75, 3.05) is 6.61 Å². The number of hydrogen-bond acceptors (Lipinski definition) is 2. The lowest BCUT2D eigenvalue weighted by Crippen LogP contribution is -2.20. The summed E-state index contributed by atoms with van der Waals surface area (Å²) in [5, 5.41) is 9.51. The number of hydrogen-bond donors (Lipinski definition) is 1. The summed E-state index contributed by atoms with van der Waals surface area (Å²) in [4.78, 5) is 0. The number of allylic oxidation sites excluding steroid dienone is 3. The lowest BCUT2D eigenvalue weighted by molar-refractivity contribution is 0.0595. The van der Waals surface area contributed by atoms with Crippen LogP contribution in [0.15, 0.2) is 33.0 Å². The summed E-state index contributed by atoms with van der Waals surface area (Å²) >= 11 is 9.32. The van der Waals surface area contributed by atoms with Crippen molar-refractivity contribution in [1.82, 2.24) is 0 Å². The van der Waals surface area contributed by atoms with Gasteiger partial charge in [0, 0.05) is 16.5 Å². The maximum absolute atomic E-state index is 8.91. The fourth-order valence-electron chi connectivity index (χ4n) is 1.38. The zero-order chi connectivity index (χ0) is 9.42. The third-order valence-corrected chi connectivity index (χ3v) is 2.98. The smallest absolute Gasteiger partial charge is 0.146 e. The molecule has 1 N–H and O–H groups in total. The highest BCUT2D eigenvalue weighted by atomic mass is 79.9. The third kappa shape index (κ3) is 1.56. The van der Waals surface area contributed by atoms with Gasteiger partial charge in [-0.1, -0.05) is 17.7 Å². The molecule has 0 spiro atoms. The Morgan fingerprint density at radius 2 is 2.46 bits per heavy atom. The minimum absolute atomic E-state index is 0.0229. The Labute approximate surface area is 89.7 Å². The molecule has 0 radical (unpaired) electrons. The third-order valence-electron chi connectivity index (χ3n) is 2.05. The van der Waals surface area contributed by atoms with Crippen molar-refractivity contribution in [3.05, 3.63) is 33.0 Å². The Hall–Kier alpha value is -0.250. The molecule has 1 heterocycles. The fourth-order valence-corrected chi connectivity index (χ4v) is 2.34. The molecule has 1 unspecified atom stereocenters. The van der Waals surface area contributed by atoms with Gasteiger partial charge in [-0.2, -0.15) is 0 Å². The Balaban J connectivity index is 2.31. The molecule has 70 valence electrons. The van der Waals surface area contributed by atoms with Crippen LogP contribution in [0.2, 0.25) is 0 Å². The largest absolute Gasteiger partial charge is 0.485 e. The first-order valence-electron chi connectivity index (χ1n) is 3.97. The second kappa shape index (κ2) is 3.48. The number of rotatable bonds is 1. The van der Waals surface area contributed by atoms with Crippen LogP contribution in [0.4, 0.5) is 0 Å². The lowest BCUT2D eigenvalue weighted by atomic mass is 10.1. The number of halogens is 2. The summed E-state index contributed by atoms with van der Waals surface area (Å²) < 4.78 is 6.44. The van der Waals surface area contributed by atoms with E-state index in [1.807, 2.05) is 12.2 Å². The molecule has 4 heteroatoms. The monoisotopic (exact) mass is 262 g/mol. The van der Waals surface area contributed by atoms with E-state index in [0.717, 1.165) is 16.5 Å². The van der Waals surface area contributed by atoms with Crippen LogP contribution in [0, 0.1) is 0 Å². The summed E-state index contributed by atoms with van der Waals surface area (Å²) in [6, 6.07) is 0. The average Bonchev–Trinajstić information content (AvgIpc) is 2.42. The topological polar surface area (TPSA) is 29.5 Å². The Bertz CT molecular complexity index is 331. The molecule has 0 aromatic rings. The average molecular weight is 264 g/mol. The molecule has 13 heavy (non-hydrogen) atoms. The highest BCUT2D eigenvalue weighted by Crippen LogP contribution is 2.40. The molecule has 0 saturated carbocycles. The van der Waals surface area contributed by atoms with Crippen LogP contribution in [0.1, 0.15) is 6.42 Å². The molecule has 2 nitrogen and oxygen atoms in total. The van der Waals surface area contributed by atoms with Crippen molar-refractivity contribution in [2.24, 2.45) is 0 Å². The molecule has 2 aliphatic rings. The molecule has 1 aliphatic carbocycles. The predicted molar refractivity (Wildman–Crippen MR) is 54.5 cm³/mol. The number of ether oxygens (including phenoxy) is 1. The second-order valence-electron chi connectivity index (χ2n) is 2.95. The zero-order valence-electron chi connectivity index (χ0n) is 6.76. The minimum atomic E-state index is -0.153. The van der Waals surface area contributed by atoms with Gasteiger partial charge in [-0.05, 0) is 22.0 Å². The Kier molecular flexibility index (Phi) is 2.49. The Morgan fingerprint density at radius 3 is 3.15 bits per heavy atom. The van der Waals surface area contributed by atoms with Gasteiger partial charge in [0.2, 0.25) is 0 Å². The minimum Gasteiger partial charge on any atom is -0.485 e. The van der Waals surface area contributed by atoms with Crippen molar-refractivity contribution in [3.63, 3.8) is 0 Å². The molecule has 0 fully saturated rings. The first-order valence-corrected chi connectivity index (χ1v) is 5.15. The maximum atomic E-state index is 8.91. The predicted octanol–water partition coefficient (Wildman–Crippen LogP) is 2.44. The van der Waals surface area contributed by atoms with Gasteiger partial charge in [0.15, 0.2) is 0 Å². The normalized spacial score (nSPS) is 26.5. The summed E-state index contributed by atoms with van der Waals surface area (Å²) in [6.45, 7) is 0.0229. The van der Waals surface area contributed by atoms with Crippen molar-refractivity contribution in [1.29, 1.82) is 0 Å². The van der Waals surface area contributed by atoms with Crippen molar-refractivity contribution < 1.29 is 9.84 Å². The summed E-state index contributed by atoms with van der Waals surface area (Å²) in [6.07, 6.45) is 4.40. The van der Waals surface area contributed by atoms with Gasteiger partial charge in [0.25, 0.3) is 0 Å². The van der Waals surface area contributed by atoms with Crippen LogP contribution in [0.5, 0.6) is 0 Å². The van der Waals surface area contributed by atoms with Crippen molar-refractivity contribution in [3.8, 4) is 0 Å². The van der Waals surface area contributed by atoms with E-state index < -0.39 is 0 Å². The first kappa shape index (κ1) is 9.31. The molecule has 0 saturated heterocycles. The number of fused-ring (bicyclic) bond motifs is 1. The van der Waals surface area contributed by atoms with Crippen LogP contribution in [-0.4, -0.2) is 17.8 Å². The van der Waals surface area contributed by atoms with Gasteiger partial charge < -0.3 is 9.84 Å². The van der Waals surface area contributed by atoms with E-state index >= 15 is 0 Å². The zero-order valence-corrected chi connectivity index (χ0v) is 9.10. The van der Waals surface area contributed by atoms with Gasteiger partial charge >= 0.3 is 0 Å². The van der Waals surface area contributed by atoms with E-state index in [9.17, 15) is 0 Å². The second-order valence-corrected chi connectivity index (χ2v) is 4.21. The van der Waals surface area contributed by atoms with Crippen LogP contribution >= 0.6 is 27.5 Å². The van der Waals surface area contributed by atoms with E-state index in [4.69, 9.17) is 21.4 Å². The van der Waals surface area contributed by atoms with Gasteiger partial charge in [0.05, 0.1) is 11.6 Å². The van der Waals surface area contributed by atoms with E-state index in [2.05, 4.69) is 15.9 Å². The number of aliphatic hydroxyl groups excluding tert-OH is 1.